The van der Waals surface area contributed by atoms with E-state index in [0.717, 1.165) is 0 Å². The molecular formula is C15H15F2NO. The molecule has 0 saturated heterocycles. The zero-order chi connectivity index (χ0) is 13.8. The van der Waals surface area contributed by atoms with Crippen LogP contribution >= 0.6 is 0 Å². The number of halogens is 2. The van der Waals surface area contributed by atoms with E-state index in [4.69, 9.17) is 0 Å². The fourth-order valence-corrected chi connectivity index (χ4v) is 2.03. The van der Waals surface area contributed by atoms with E-state index >= 15 is 0 Å². The highest BCUT2D eigenvalue weighted by Gasteiger charge is 2.12. The van der Waals surface area contributed by atoms with Crippen molar-refractivity contribution in [3.63, 3.8) is 0 Å². The van der Waals surface area contributed by atoms with Gasteiger partial charge in [0.15, 0.2) is 0 Å². The van der Waals surface area contributed by atoms with Crippen LogP contribution in [-0.2, 0) is 13.2 Å². The summed E-state index contributed by atoms with van der Waals surface area (Å²) in [6, 6.07) is 11.0. The Bertz CT molecular complexity index is 572. The molecule has 0 heterocycles. The Labute approximate surface area is 110 Å². The van der Waals surface area contributed by atoms with E-state index in [0.29, 0.717) is 17.8 Å². The average molecular weight is 263 g/mol. The molecule has 1 N–H and O–H groups in total. The molecule has 0 radical (unpaired) electrons. The van der Waals surface area contributed by atoms with Gasteiger partial charge in [0.05, 0.1) is 6.61 Å². The molecule has 0 aromatic heterocycles. The molecule has 19 heavy (non-hydrogen) atoms. The Hall–Kier alpha value is -1.94. The van der Waals surface area contributed by atoms with Gasteiger partial charge in [-0.1, -0.05) is 24.3 Å². The lowest BCUT2D eigenvalue weighted by Gasteiger charge is -2.22. The van der Waals surface area contributed by atoms with Gasteiger partial charge in [0.2, 0.25) is 0 Å². The third-order valence-electron chi connectivity index (χ3n) is 3.03. The number of hydrogen-bond donors (Lipinski definition) is 1. The zero-order valence-corrected chi connectivity index (χ0v) is 10.6. The largest absolute Gasteiger partial charge is 0.391 e. The minimum absolute atomic E-state index is 0.223. The SMILES string of the molecule is CN(Cc1ccccc1F)c1cccc(F)c1CO. The van der Waals surface area contributed by atoms with Gasteiger partial charge in [-0.05, 0) is 18.2 Å². The highest BCUT2D eigenvalue weighted by molar-refractivity contribution is 5.53. The number of anilines is 1. The highest BCUT2D eigenvalue weighted by Crippen LogP contribution is 2.24. The van der Waals surface area contributed by atoms with Crippen LogP contribution in [0.2, 0.25) is 0 Å². The van der Waals surface area contributed by atoms with Crippen molar-refractivity contribution in [2.75, 3.05) is 11.9 Å². The highest BCUT2D eigenvalue weighted by atomic mass is 19.1. The molecule has 0 spiro atoms. The molecule has 0 aliphatic carbocycles. The molecule has 0 saturated carbocycles. The summed E-state index contributed by atoms with van der Waals surface area (Å²) in [7, 11) is 1.74. The lowest BCUT2D eigenvalue weighted by Crippen LogP contribution is -2.19. The minimum Gasteiger partial charge on any atom is -0.391 e. The Morgan fingerprint density at radius 2 is 1.68 bits per heavy atom. The summed E-state index contributed by atoms with van der Waals surface area (Å²) < 4.78 is 27.1. The first-order valence-corrected chi connectivity index (χ1v) is 5.96. The molecule has 0 aliphatic heterocycles. The molecule has 2 rings (SSSR count). The standard InChI is InChI=1S/C15H15F2NO/c1-18(9-11-5-2-3-6-13(11)16)15-8-4-7-14(17)12(15)10-19/h2-8,19H,9-10H2,1H3. The van der Waals surface area contributed by atoms with Gasteiger partial charge in [-0.3, -0.25) is 0 Å². The maximum Gasteiger partial charge on any atom is 0.130 e. The molecule has 2 aromatic rings. The minimum atomic E-state index is -0.458. The Morgan fingerprint density at radius 1 is 1.00 bits per heavy atom. The number of benzene rings is 2. The van der Waals surface area contributed by atoms with Gasteiger partial charge in [-0.15, -0.1) is 0 Å². The summed E-state index contributed by atoms with van der Waals surface area (Å²) in [5.41, 5.74) is 1.31. The molecule has 0 amide bonds. The van der Waals surface area contributed by atoms with Gasteiger partial charge >= 0.3 is 0 Å². The number of aliphatic hydroxyl groups excluding tert-OH is 1. The molecule has 100 valence electrons. The van der Waals surface area contributed by atoms with Crippen LogP contribution in [0.15, 0.2) is 42.5 Å². The summed E-state index contributed by atoms with van der Waals surface area (Å²) in [6.07, 6.45) is 0. The van der Waals surface area contributed by atoms with Crippen molar-refractivity contribution in [3.8, 4) is 0 Å². The normalized spacial score (nSPS) is 10.5. The second-order valence-electron chi connectivity index (χ2n) is 4.34. The number of aliphatic hydroxyl groups is 1. The van der Waals surface area contributed by atoms with Crippen LogP contribution in [0, 0.1) is 11.6 Å². The van der Waals surface area contributed by atoms with Crippen molar-refractivity contribution in [1.29, 1.82) is 0 Å². The molecule has 0 aliphatic rings. The van der Waals surface area contributed by atoms with Gasteiger partial charge in [0.25, 0.3) is 0 Å². The summed E-state index contributed by atoms with van der Waals surface area (Å²) in [6.45, 7) is -0.0766. The van der Waals surface area contributed by atoms with Gasteiger partial charge in [0, 0.05) is 30.4 Å². The second kappa shape index (κ2) is 5.80. The topological polar surface area (TPSA) is 23.5 Å². The van der Waals surface area contributed by atoms with Crippen LogP contribution in [0.25, 0.3) is 0 Å². The second-order valence-corrected chi connectivity index (χ2v) is 4.34. The predicted octanol–water partition coefficient (Wildman–Crippen LogP) is 3.09. The van der Waals surface area contributed by atoms with E-state index in [2.05, 4.69) is 0 Å². The van der Waals surface area contributed by atoms with Gasteiger partial charge in [0.1, 0.15) is 11.6 Å². The van der Waals surface area contributed by atoms with Crippen LogP contribution in [0.4, 0.5) is 14.5 Å². The summed E-state index contributed by atoms with van der Waals surface area (Å²) >= 11 is 0. The molecule has 0 atom stereocenters. The fourth-order valence-electron chi connectivity index (χ4n) is 2.03. The van der Waals surface area contributed by atoms with Crippen molar-refractivity contribution in [2.24, 2.45) is 0 Å². The molecule has 0 unspecified atom stereocenters. The number of rotatable bonds is 4. The monoisotopic (exact) mass is 263 g/mol. The fraction of sp³-hybridized carbons (Fsp3) is 0.200. The van der Waals surface area contributed by atoms with Gasteiger partial charge < -0.3 is 10.0 Å². The lowest BCUT2D eigenvalue weighted by atomic mass is 10.1. The number of hydrogen-bond acceptors (Lipinski definition) is 2. The number of nitrogens with zero attached hydrogens (tertiary/aromatic N) is 1. The van der Waals surface area contributed by atoms with Crippen LogP contribution in [0.1, 0.15) is 11.1 Å². The first-order chi connectivity index (χ1) is 9.13. The molecular weight excluding hydrogens is 248 g/mol. The van der Waals surface area contributed by atoms with Crippen molar-refractivity contribution >= 4 is 5.69 Å². The van der Waals surface area contributed by atoms with Crippen molar-refractivity contribution in [1.82, 2.24) is 0 Å². The predicted molar refractivity (Wildman–Crippen MR) is 70.8 cm³/mol. The molecule has 4 heteroatoms. The van der Waals surface area contributed by atoms with E-state index < -0.39 is 5.82 Å². The van der Waals surface area contributed by atoms with Crippen molar-refractivity contribution in [3.05, 3.63) is 65.2 Å². The van der Waals surface area contributed by atoms with Gasteiger partial charge in [-0.25, -0.2) is 8.78 Å². The first-order valence-electron chi connectivity index (χ1n) is 5.96. The van der Waals surface area contributed by atoms with Crippen LogP contribution in [-0.4, -0.2) is 12.2 Å². The summed E-state index contributed by atoms with van der Waals surface area (Å²) in [4.78, 5) is 1.72. The zero-order valence-electron chi connectivity index (χ0n) is 10.6. The Kier molecular flexibility index (Phi) is 4.12. The first kappa shape index (κ1) is 13.5. The van der Waals surface area contributed by atoms with Crippen LogP contribution < -0.4 is 4.90 Å². The van der Waals surface area contributed by atoms with Crippen LogP contribution in [0.3, 0.4) is 0 Å². The molecule has 2 aromatic carbocycles. The summed E-state index contributed by atoms with van der Waals surface area (Å²) in [5.74, 6) is -0.753. The van der Waals surface area contributed by atoms with E-state index in [1.54, 1.807) is 42.3 Å². The van der Waals surface area contributed by atoms with Crippen molar-refractivity contribution < 1.29 is 13.9 Å². The summed E-state index contributed by atoms with van der Waals surface area (Å²) in [5, 5.41) is 9.23. The van der Waals surface area contributed by atoms with E-state index in [1.165, 1.54) is 12.1 Å². The van der Waals surface area contributed by atoms with E-state index in [9.17, 15) is 13.9 Å². The van der Waals surface area contributed by atoms with E-state index in [1.807, 2.05) is 0 Å². The van der Waals surface area contributed by atoms with E-state index in [-0.39, 0.29) is 18.0 Å². The molecule has 2 nitrogen and oxygen atoms in total. The maximum atomic E-state index is 13.6. The molecule has 0 fully saturated rings. The molecule has 0 bridgehead atoms. The third kappa shape index (κ3) is 2.90. The maximum absolute atomic E-state index is 13.6. The smallest absolute Gasteiger partial charge is 0.130 e. The Morgan fingerprint density at radius 3 is 2.37 bits per heavy atom. The average Bonchev–Trinajstić information content (AvgIpc) is 2.41. The quantitative estimate of drug-likeness (QED) is 0.916. The Balaban J connectivity index is 2.28. The van der Waals surface area contributed by atoms with Crippen molar-refractivity contribution in [2.45, 2.75) is 13.2 Å². The van der Waals surface area contributed by atoms with Crippen LogP contribution in [0.5, 0.6) is 0 Å². The van der Waals surface area contributed by atoms with Gasteiger partial charge in [-0.2, -0.15) is 0 Å². The third-order valence-corrected chi connectivity index (χ3v) is 3.03. The lowest BCUT2D eigenvalue weighted by molar-refractivity contribution is 0.276.